The van der Waals surface area contributed by atoms with Crippen LogP contribution in [-0.2, 0) is 10.0 Å². The molecule has 2 aromatic rings. The molecule has 0 radical (unpaired) electrons. The first kappa shape index (κ1) is 11.5. The van der Waals surface area contributed by atoms with E-state index < -0.39 is 46.6 Å². The van der Waals surface area contributed by atoms with Crippen molar-refractivity contribution in [3.63, 3.8) is 0 Å². The second-order valence-corrected chi connectivity index (χ2v) is 6.47. The molecule has 0 aliphatic rings. The second-order valence-electron chi connectivity index (χ2n) is 4.82. The molecule has 0 saturated carbocycles. The average Bonchev–Trinajstić information content (AvgIpc) is 2.66. The topological polar surface area (TPSA) is 137 Å². The highest BCUT2D eigenvalue weighted by molar-refractivity contribution is 7.90. The first-order valence-electron chi connectivity index (χ1n) is 10.4. The lowest BCUT2D eigenvalue weighted by Gasteiger charge is -2.14. The first-order valence-corrected chi connectivity index (χ1v) is 8.36. The quantitative estimate of drug-likeness (QED) is 0.596. The van der Waals surface area contributed by atoms with Crippen LogP contribution in [0.2, 0.25) is 0 Å². The Balaban J connectivity index is 2.34. The van der Waals surface area contributed by atoms with E-state index in [4.69, 9.17) is 14.7 Å². The number of nitrogens with one attached hydrogen (secondary N) is 3. The van der Waals surface area contributed by atoms with Gasteiger partial charge in [-0.15, -0.1) is 0 Å². The van der Waals surface area contributed by atoms with Gasteiger partial charge in [0.1, 0.15) is 4.90 Å². The maximum Gasteiger partial charge on any atom is 0.335 e. The van der Waals surface area contributed by atoms with Gasteiger partial charge < -0.3 is 15.7 Å². The number of anilines is 2. The first-order chi connectivity index (χ1) is 15.0. The number of carbonyl (C=O) groups excluding carboxylic acids is 1. The number of carboxylic acids is 1. The Kier molecular flexibility index (Phi) is 3.45. The number of aromatic carboxylic acids is 1. The van der Waals surface area contributed by atoms with E-state index in [1.54, 1.807) is 0 Å². The molecule has 0 aliphatic carbocycles. The van der Waals surface area contributed by atoms with Crippen LogP contribution in [0.4, 0.5) is 16.2 Å². The van der Waals surface area contributed by atoms with Crippen LogP contribution in [0, 0.1) is 0 Å². The highest BCUT2D eigenvalue weighted by Gasteiger charge is 2.22. The maximum atomic E-state index is 12.7. The number of pyridine rings is 1. The van der Waals surface area contributed by atoms with Gasteiger partial charge in [0.25, 0.3) is 10.0 Å². The summed E-state index contributed by atoms with van der Waals surface area (Å²) in [5.41, 5.74) is -0.0225. The Morgan fingerprint density at radius 2 is 2.08 bits per heavy atom. The molecule has 1 aromatic heterocycles. The fraction of sp³-hybridized carbons (Fsp3) is 0.188. The fourth-order valence-corrected chi connectivity index (χ4v) is 2.91. The predicted octanol–water partition coefficient (Wildman–Crippen LogP) is 1.92. The molecule has 0 fully saturated rings. The Bertz CT molecular complexity index is 1150. The zero-order chi connectivity index (χ0) is 25.2. The van der Waals surface area contributed by atoms with E-state index >= 15 is 0 Å². The molecule has 9 nitrogen and oxygen atoms in total. The summed E-state index contributed by atoms with van der Waals surface area (Å²) in [4.78, 5) is 26.4. The number of amides is 2. The highest BCUT2D eigenvalue weighted by Crippen LogP contribution is 2.24. The number of urea groups is 1. The molecule has 0 unspecified atom stereocenters. The largest absolute Gasteiger partial charge is 0.478 e. The van der Waals surface area contributed by atoms with Crippen LogP contribution >= 0.6 is 0 Å². The summed E-state index contributed by atoms with van der Waals surface area (Å²) >= 11 is 0. The smallest absolute Gasteiger partial charge is 0.335 e. The van der Waals surface area contributed by atoms with Gasteiger partial charge in [-0.2, -0.15) is 0 Å². The van der Waals surface area contributed by atoms with Crippen molar-refractivity contribution in [3.8, 4) is 0 Å². The molecule has 4 N–H and O–H groups in total. The van der Waals surface area contributed by atoms with Crippen LogP contribution in [0.5, 0.6) is 0 Å². The van der Waals surface area contributed by atoms with E-state index in [1.165, 1.54) is 46.6 Å². The van der Waals surface area contributed by atoms with Gasteiger partial charge in [-0.25, -0.2) is 22.7 Å². The van der Waals surface area contributed by atoms with Crippen molar-refractivity contribution in [1.29, 1.82) is 0 Å². The van der Waals surface area contributed by atoms with Gasteiger partial charge >= 0.3 is 12.0 Å². The summed E-state index contributed by atoms with van der Waals surface area (Å²) in [7, 11) is -4.75. The standard InChI is InChI=1S/C16H18N4O5S/c1-10(2)18-16(23)20-26(24,25)14-9-17-7-6-13(14)19-12-5-3-4-11(8-12)15(21)22/h3-10H,1-2H3,(H,17,19)(H,21,22)(H2,18,20,23)/i1D3,2D3,10D. The molecular formula is C16H18N4O5S. The normalized spacial score (nSPS) is 16.4. The molecular weight excluding hydrogens is 360 g/mol. The second kappa shape index (κ2) is 7.83. The minimum Gasteiger partial charge on any atom is -0.478 e. The zero-order valence-electron chi connectivity index (χ0n) is 20.0. The molecule has 138 valence electrons. The number of hydrogen-bond donors (Lipinski definition) is 4. The number of benzene rings is 1. The number of carboxylic acid groups (broad SMARTS) is 1. The van der Waals surface area contributed by atoms with Crippen molar-refractivity contribution in [3.05, 3.63) is 48.3 Å². The van der Waals surface area contributed by atoms with Crippen LogP contribution in [0.25, 0.3) is 0 Å². The number of aromatic nitrogens is 1. The van der Waals surface area contributed by atoms with Crippen LogP contribution in [-0.4, -0.2) is 36.5 Å². The molecule has 2 rings (SSSR count). The van der Waals surface area contributed by atoms with Crippen LogP contribution in [0.3, 0.4) is 0 Å². The van der Waals surface area contributed by atoms with Gasteiger partial charge in [0.2, 0.25) is 0 Å². The monoisotopic (exact) mass is 385 g/mol. The molecule has 1 aromatic carbocycles. The Morgan fingerprint density at radius 1 is 1.31 bits per heavy atom. The summed E-state index contributed by atoms with van der Waals surface area (Å²) in [6.45, 7) is -7.04. The lowest BCUT2D eigenvalue weighted by molar-refractivity contribution is 0.0697. The van der Waals surface area contributed by atoms with Crippen molar-refractivity contribution in [2.24, 2.45) is 0 Å². The van der Waals surface area contributed by atoms with Gasteiger partial charge in [-0.1, -0.05) is 6.07 Å². The Morgan fingerprint density at radius 3 is 2.77 bits per heavy atom. The average molecular weight is 385 g/mol. The molecule has 0 spiro atoms. The van der Waals surface area contributed by atoms with Crippen LogP contribution in [0.1, 0.15) is 33.7 Å². The molecule has 1 heterocycles. The van der Waals surface area contributed by atoms with Crippen molar-refractivity contribution in [2.45, 2.75) is 24.6 Å². The SMILES string of the molecule is [2H]C([2H])([2H])C([2H])(NC(=O)NS(=O)(=O)c1cnccc1Nc1cccc(C(=O)O)c1)C([2H])([2H])[2H]. The summed E-state index contributed by atoms with van der Waals surface area (Å²) in [5.74, 6) is -1.22. The van der Waals surface area contributed by atoms with Crippen molar-refractivity contribution >= 4 is 33.4 Å². The molecule has 26 heavy (non-hydrogen) atoms. The summed E-state index contributed by atoms with van der Waals surface area (Å²) < 4.78 is 78.3. The summed E-state index contributed by atoms with van der Waals surface area (Å²) in [6.07, 6.45) is 2.06. The predicted molar refractivity (Wildman–Crippen MR) is 94.9 cm³/mol. The maximum absolute atomic E-state index is 12.7. The molecule has 10 heteroatoms. The van der Waals surface area contributed by atoms with Gasteiger partial charge in [0, 0.05) is 32.3 Å². The van der Waals surface area contributed by atoms with Crippen molar-refractivity contribution in [1.82, 2.24) is 15.0 Å². The molecule has 0 atom stereocenters. The van der Waals surface area contributed by atoms with E-state index in [-0.39, 0.29) is 16.9 Å². The number of carbonyl (C=O) groups is 2. The third-order valence-electron chi connectivity index (χ3n) is 2.93. The molecule has 2 amide bonds. The van der Waals surface area contributed by atoms with Gasteiger partial charge in [0.15, 0.2) is 0 Å². The van der Waals surface area contributed by atoms with Crippen LogP contribution in [0.15, 0.2) is 47.6 Å². The van der Waals surface area contributed by atoms with Gasteiger partial charge in [0.05, 0.1) is 12.6 Å². The summed E-state index contributed by atoms with van der Waals surface area (Å²) in [5, 5.41) is 13.1. The Hall–Kier alpha value is -3.14. The van der Waals surface area contributed by atoms with E-state index in [9.17, 15) is 18.0 Å². The lowest BCUT2D eigenvalue weighted by Crippen LogP contribution is -2.42. The zero-order valence-corrected chi connectivity index (χ0v) is 13.8. The van der Waals surface area contributed by atoms with Crippen molar-refractivity contribution < 1.29 is 32.7 Å². The minimum absolute atomic E-state index is 0.0860. The molecule has 0 bridgehead atoms. The molecule has 0 saturated heterocycles. The minimum atomic E-state index is -4.75. The fourth-order valence-electron chi connectivity index (χ4n) is 1.90. The summed E-state index contributed by atoms with van der Waals surface area (Å²) in [6, 6.07) is 1.34. The number of nitrogens with zero attached hydrogens (tertiary/aromatic N) is 1. The van der Waals surface area contributed by atoms with Gasteiger partial charge in [-0.05, 0) is 38.0 Å². The molecule has 0 aliphatic heterocycles. The van der Waals surface area contributed by atoms with Crippen molar-refractivity contribution in [2.75, 3.05) is 5.32 Å². The number of hydrogen-bond acceptors (Lipinski definition) is 6. The van der Waals surface area contributed by atoms with Crippen LogP contribution < -0.4 is 15.4 Å². The van der Waals surface area contributed by atoms with E-state index in [0.29, 0.717) is 0 Å². The third kappa shape index (κ3) is 4.93. The van der Waals surface area contributed by atoms with E-state index in [0.717, 1.165) is 6.20 Å². The number of sulfonamides is 1. The number of rotatable bonds is 6. The Labute approximate surface area is 160 Å². The highest BCUT2D eigenvalue weighted by atomic mass is 32.2. The third-order valence-corrected chi connectivity index (χ3v) is 4.29. The lowest BCUT2D eigenvalue weighted by atomic mass is 10.2. The van der Waals surface area contributed by atoms with Gasteiger partial charge in [-0.3, -0.25) is 4.98 Å². The van der Waals surface area contributed by atoms with E-state index in [2.05, 4.69) is 10.3 Å². The van der Waals surface area contributed by atoms with E-state index in [1.807, 2.05) is 0 Å².